The number of furan rings is 2. The van der Waals surface area contributed by atoms with Crippen molar-refractivity contribution >= 4 is 109 Å². The van der Waals surface area contributed by atoms with E-state index < -0.39 is 491 Å². The molecule has 0 fully saturated rings. The Kier molecular flexibility index (Phi) is 5.24. The third-order valence-corrected chi connectivity index (χ3v) is 16.4. The molecule has 17 aromatic carbocycles. The molecule has 0 atom stereocenters. The zero-order valence-electron chi connectivity index (χ0n) is 102. The van der Waals surface area contributed by atoms with E-state index in [0.29, 0.717) is 0 Å². The van der Waals surface area contributed by atoms with Gasteiger partial charge in [-0.3, -0.25) is 0 Å². The first-order valence-corrected chi connectivity index (χ1v) is 28.6. The summed E-state index contributed by atoms with van der Waals surface area (Å²) in [6, 6.07) is -47.0. The topological polar surface area (TPSA) is 26.3 Å². The smallest absolute Gasteiger partial charge is 0.136 e. The van der Waals surface area contributed by atoms with Crippen LogP contribution in [0.15, 0.2) is 335 Å². The summed E-state index contributed by atoms with van der Waals surface area (Å²) in [5, 5.41) is -8.87. The van der Waals surface area contributed by atoms with Crippen LogP contribution in [0, 0.1) is 0 Å². The molecular formula is C93H60O2. The average Bonchev–Trinajstić information content (AvgIpc) is 0.810. The number of benzene rings is 17. The molecule has 0 unspecified atom stereocenters. The van der Waals surface area contributed by atoms with Crippen LogP contribution in [0.1, 0.15) is 99.0 Å². The molecule has 0 N–H and O–H groups in total. The lowest BCUT2D eigenvalue weighted by Crippen LogP contribution is -2.14. The van der Waals surface area contributed by atoms with Crippen molar-refractivity contribution in [2.24, 2.45) is 0 Å². The molecule has 2 heteroatoms. The first-order valence-electron chi connectivity index (χ1n) is 55.6. The van der Waals surface area contributed by atoms with Crippen LogP contribution in [0.3, 0.4) is 0 Å². The van der Waals surface area contributed by atoms with Gasteiger partial charge in [0.05, 0.1) is 74.0 Å². The predicted molar refractivity (Wildman–Crippen MR) is 403 cm³/mol. The summed E-state index contributed by atoms with van der Waals surface area (Å²) in [5.41, 5.74) is -13.2. The molecule has 0 bridgehead atoms. The van der Waals surface area contributed by atoms with Crippen LogP contribution < -0.4 is 0 Å². The van der Waals surface area contributed by atoms with E-state index in [9.17, 15) is 27.4 Å². The van der Waals surface area contributed by atoms with Gasteiger partial charge < -0.3 is 8.83 Å². The molecule has 0 saturated heterocycles. The Morgan fingerprint density at radius 1 is 0.221 bits per heavy atom. The quantitative estimate of drug-likeness (QED) is 0.155. The first-order chi connectivity index (χ1) is 69.4. The highest BCUT2D eigenvalue weighted by molar-refractivity contribution is 6.24. The van der Waals surface area contributed by atoms with Crippen molar-refractivity contribution in [2.75, 3.05) is 0 Å². The third kappa shape index (κ3) is 8.65. The lowest BCUT2D eigenvalue weighted by atomic mass is 9.81. The summed E-state index contributed by atoms with van der Waals surface area (Å²) in [7, 11) is 0. The average molecular weight is 1260 g/mol. The SMILES string of the molecule is [2H]c1c([2H])c([2H])c(-c2c3c([2H])c([2H])c([2H])c([2H])c3c(-c3c([2H])c([2H])c(-c4c([2H])c([2H])c5oc6c([2H])c([2H])c7c([2H])c([2H])c([2H])c([2H])c7c6c5c4[2H])c([2H])c3[2H])c3c([2H])c([2H])c([2H])c([2H])c23)c([2H])c1[2H].[2H]c1c([2H])c([2H])c2c(c1[2H])-c1c([2H])c(-c3c4c([2H])c([2H])c([2H])c([2H])c4c(-c4c([2H])c([2H])c(-c5c([2H])c([2H])c6oc7c([2H])c([2H])c8c([2H])c([2H])c([2H])c([2H])c8c7c6c5[2H])c([2H])c4[2H])c4c([2H])c([2H])c([2H])c([2H])c34)c([2H])c([2H])c1C2(C)C. The van der Waals surface area contributed by atoms with Gasteiger partial charge in [-0.15, -0.1) is 0 Å². The normalized spacial score (nSPS) is 20.6. The van der Waals surface area contributed by atoms with E-state index >= 15 is 0 Å². The Bertz CT molecular complexity index is 9520. The van der Waals surface area contributed by atoms with Crippen molar-refractivity contribution in [2.45, 2.75) is 19.3 Å². The first kappa shape index (κ1) is 23.2. The highest BCUT2D eigenvalue weighted by Crippen LogP contribution is 2.52. The molecule has 2 nitrogen and oxygen atoms in total. The van der Waals surface area contributed by atoms with Crippen molar-refractivity contribution in [3.05, 3.63) is 337 Å². The lowest BCUT2D eigenvalue weighted by molar-refractivity contribution is 0.660. The second-order valence-electron chi connectivity index (χ2n) is 21.9. The fourth-order valence-electron chi connectivity index (χ4n) is 12.2. The Morgan fingerprint density at radius 3 is 0.979 bits per heavy atom. The fourth-order valence-corrected chi connectivity index (χ4v) is 12.2. The zero-order chi connectivity index (χ0) is 110. The van der Waals surface area contributed by atoms with Crippen molar-refractivity contribution in [1.29, 1.82) is 0 Å². The zero-order valence-corrected chi connectivity index (χ0v) is 48.3. The number of rotatable bonds is 6. The highest BCUT2D eigenvalue weighted by atomic mass is 16.3. The van der Waals surface area contributed by atoms with Gasteiger partial charge in [-0.2, -0.15) is 0 Å². The molecule has 0 aliphatic heterocycles. The Labute approximate surface area is 625 Å². The molecule has 0 spiro atoms. The number of fused-ring (bicyclic) bond motifs is 17. The summed E-state index contributed by atoms with van der Waals surface area (Å²) < 4.78 is 498. The summed E-state index contributed by atoms with van der Waals surface area (Å²) in [6.07, 6.45) is 0. The second kappa shape index (κ2) is 21.5. The van der Waals surface area contributed by atoms with Gasteiger partial charge in [-0.1, -0.05) is 298 Å². The van der Waals surface area contributed by atoms with E-state index in [1.165, 1.54) is 13.8 Å². The van der Waals surface area contributed by atoms with Crippen LogP contribution in [-0.4, -0.2) is 0 Å². The molecule has 444 valence electrons. The molecule has 2 aromatic heterocycles. The van der Waals surface area contributed by atoms with Crippen LogP contribution in [0.2, 0.25) is 0 Å². The second-order valence-corrected chi connectivity index (χ2v) is 21.9. The van der Waals surface area contributed by atoms with E-state index in [0.717, 1.165) is 0 Å². The van der Waals surface area contributed by atoms with Gasteiger partial charge >= 0.3 is 0 Å². The number of hydrogen-bond acceptors (Lipinski definition) is 2. The molecule has 19 aromatic rings. The van der Waals surface area contributed by atoms with Crippen LogP contribution in [0.4, 0.5) is 0 Å². The summed E-state index contributed by atoms with van der Waals surface area (Å²) in [4.78, 5) is 0. The van der Waals surface area contributed by atoms with Crippen LogP contribution in [0.25, 0.3) is 186 Å². The third-order valence-electron chi connectivity index (χ3n) is 16.4. The van der Waals surface area contributed by atoms with Crippen LogP contribution >= 0.6 is 0 Å². The van der Waals surface area contributed by atoms with Crippen molar-refractivity contribution in [1.82, 2.24) is 0 Å². The molecule has 20 rings (SSSR count). The van der Waals surface area contributed by atoms with Gasteiger partial charge in [0.25, 0.3) is 0 Å². The summed E-state index contributed by atoms with van der Waals surface area (Å²) in [5.74, 6) is 0. The van der Waals surface area contributed by atoms with Crippen molar-refractivity contribution < 1.29 is 82.9 Å². The minimum Gasteiger partial charge on any atom is -0.456 e. The molecule has 0 saturated carbocycles. The van der Waals surface area contributed by atoms with Crippen LogP contribution in [0.5, 0.6) is 0 Å². The Balaban J connectivity index is 0.000000189. The highest BCUT2D eigenvalue weighted by Gasteiger charge is 2.35. The van der Waals surface area contributed by atoms with Crippen LogP contribution in [-0.2, 0) is 5.41 Å². The molecule has 95 heavy (non-hydrogen) atoms. The van der Waals surface area contributed by atoms with E-state index in [4.69, 9.17) is 55.4 Å². The monoisotopic (exact) mass is 1260 g/mol. The standard InChI is InChI=1S/C51H34O.C42H26O/c1-51(2)44-18-10-9-13-37(44)42-30-35(23-26-45(42)51)49-40-16-7-5-14-38(40)48(39-15-6-8-17-41(39)49)33-21-19-31(20-22-33)34-25-27-46-43(29-34)50-36-12-4-3-11-32(36)24-28-47(50)52-46;1-2-11-29(12-3-1)40-33-14-6-8-16-35(33)41(36-17-9-7-15-34(36)40)30-20-18-27(19-21-30)31-23-24-38-37(26-31)42-32-13-5-4-10-28(32)22-25-39(42)43-38/h3-30H,1-2H3;1-26H/i3D,4D,5D,6D,7D,8D,9D,10D,11D,12D,13D,14D,15D,16D,17D,18D,19D,20D,21D,22D,23D,24D,25D,26D,27D,28D,29D,30D;1D,2D,3D,4D,5D,6D,7D,8D,9D,10D,11D,12D,13D,14D,15D,16D,17D,18D,19D,20D,21D,22D,23D,24D,25D,26D. The molecule has 1 aliphatic rings. The van der Waals surface area contributed by atoms with E-state index in [2.05, 4.69) is 0 Å². The number of hydrogen-bond donors (Lipinski definition) is 0. The van der Waals surface area contributed by atoms with Gasteiger partial charge in [-0.25, -0.2) is 0 Å². The fraction of sp³-hybridized carbons (Fsp3) is 0.0323. The minimum atomic E-state index is -1.46. The van der Waals surface area contributed by atoms with Crippen molar-refractivity contribution in [3.8, 4) is 77.9 Å². The van der Waals surface area contributed by atoms with E-state index in [1.807, 2.05) is 0 Å². The lowest BCUT2D eigenvalue weighted by Gasteiger charge is -2.22. The van der Waals surface area contributed by atoms with Crippen molar-refractivity contribution in [3.63, 3.8) is 0 Å². The maximum Gasteiger partial charge on any atom is 0.136 e. The molecule has 0 amide bonds. The summed E-state index contributed by atoms with van der Waals surface area (Å²) >= 11 is 0. The Hall–Kier alpha value is -12.1. The van der Waals surface area contributed by atoms with Gasteiger partial charge in [0, 0.05) is 27.0 Å². The molecular weight excluding hydrogens is 1150 g/mol. The molecule has 1 aliphatic carbocycles. The molecule has 2 heterocycles. The summed E-state index contributed by atoms with van der Waals surface area (Å²) in [6.45, 7) is 3.06. The maximum absolute atomic E-state index is 9.92. The van der Waals surface area contributed by atoms with Gasteiger partial charge in [0.2, 0.25) is 0 Å². The van der Waals surface area contributed by atoms with Gasteiger partial charge in [0.15, 0.2) is 0 Å². The Morgan fingerprint density at radius 2 is 0.537 bits per heavy atom. The largest absolute Gasteiger partial charge is 0.456 e. The van der Waals surface area contributed by atoms with E-state index in [1.54, 1.807) is 0 Å². The maximum atomic E-state index is 9.92. The minimum absolute atomic E-state index is 0.0288. The predicted octanol–water partition coefficient (Wildman–Crippen LogP) is 26.4. The van der Waals surface area contributed by atoms with E-state index in [-0.39, 0.29) is 38.4 Å². The molecule has 0 radical (unpaired) electrons. The van der Waals surface area contributed by atoms with Gasteiger partial charge in [0.1, 0.15) is 22.3 Å². The van der Waals surface area contributed by atoms with Gasteiger partial charge in [-0.05, 0) is 196 Å².